The minimum absolute atomic E-state index is 0.190. The number of halogens is 1. The molecule has 1 fully saturated rings. The average molecular weight is 443 g/mol. The molecular formula is C22H23FN4O3S. The molecule has 0 bridgehead atoms. The van der Waals surface area contributed by atoms with Gasteiger partial charge in [0.05, 0.1) is 22.3 Å². The van der Waals surface area contributed by atoms with Gasteiger partial charge in [0.2, 0.25) is 10.0 Å². The van der Waals surface area contributed by atoms with Gasteiger partial charge in [0.1, 0.15) is 11.5 Å². The van der Waals surface area contributed by atoms with Gasteiger partial charge in [-0.3, -0.25) is 4.79 Å². The van der Waals surface area contributed by atoms with Crippen molar-refractivity contribution in [2.45, 2.75) is 30.7 Å². The summed E-state index contributed by atoms with van der Waals surface area (Å²) >= 11 is 0. The molecule has 1 amide bonds. The highest BCUT2D eigenvalue weighted by Gasteiger charge is 2.29. The maximum Gasteiger partial charge on any atom is 0.257 e. The second kappa shape index (κ2) is 8.60. The van der Waals surface area contributed by atoms with Gasteiger partial charge >= 0.3 is 0 Å². The highest BCUT2D eigenvalue weighted by Crippen LogP contribution is 2.21. The van der Waals surface area contributed by atoms with Crippen molar-refractivity contribution < 1.29 is 17.6 Å². The topological polar surface area (TPSA) is 84.3 Å². The number of benzene rings is 2. The number of nitrogens with one attached hydrogen (secondary N) is 1. The number of nitrogens with zero attached hydrogens (tertiary/aromatic N) is 3. The van der Waals surface area contributed by atoms with E-state index in [0.29, 0.717) is 37.2 Å². The van der Waals surface area contributed by atoms with Crippen molar-refractivity contribution in [3.8, 4) is 5.69 Å². The minimum Gasteiger partial charge on any atom is -0.338 e. The molecule has 1 N–H and O–H groups in total. The summed E-state index contributed by atoms with van der Waals surface area (Å²) in [4.78, 5) is 14.9. The molecule has 162 valence electrons. The Morgan fingerprint density at radius 3 is 2.39 bits per heavy atom. The van der Waals surface area contributed by atoms with Crippen molar-refractivity contribution in [3.63, 3.8) is 0 Å². The molecule has 0 unspecified atom stereocenters. The third kappa shape index (κ3) is 4.38. The number of hydrogen-bond donors (Lipinski definition) is 1. The fraction of sp³-hybridized carbons (Fsp3) is 0.273. The van der Waals surface area contributed by atoms with Crippen molar-refractivity contribution in [1.29, 1.82) is 0 Å². The van der Waals surface area contributed by atoms with Crippen molar-refractivity contribution in [2.75, 3.05) is 13.1 Å². The second-order valence-electron chi connectivity index (χ2n) is 7.51. The Morgan fingerprint density at radius 2 is 1.71 bits per heavy atom. The minimum atomic E-state index is -3.59. The van der Waals surface area contributed by atoms with Crippen molar-refractivity contribution in [1.82, 2.24) is 19.4 Å². The smallest absolute Gasteiger partial charge is 0.257 e. The lowest BCUT2D eigenvalue weighted by Gasteiger charge is -2.32. The quantitative estimate of drug-likeness (QED) is 0.659. The molecule has 1 aliphatic heterocycles. The number of carbonyl (C=O) groups is 1. The Morgan fingerprint density at radius 1 is 1.06 bits per heavy atom. The highest BCUT2D eigenvalue weighted by molar-refractivity contribution is 7.89. The van der Waals surface area contributed by atoms with Crippen molar-refractivity contribution in [3.05, 3.63) is 77.9 Å². The molecular weight excluding hydrogens is 419 g/mol. The molecule has 2 aromatic carbocycles. The predicted molar refractivity (Wildman–Crippen MR) is 114 cm³/mol. The van der Waals surface area contributed by atoms with Crippen LogP contribution in [-0.4, -0.2) is 48.1 Å². The first kappa shape index (κ1) is 21.2. The fourth-order valence-corrected chi connectivity index (χ4v) is 5.07. The molecule has 1 aliphatic rings. The lowest BCUT2D eigenvalue weighted by molar-refractivity contribution is 0.0710. The summed E-state index contributed by atoms with van der Waals surface area (Å²) in [6.45, 7) is 2.57. The van der Waals surface area contributed by atoms with Crippen LogP contribution in [-0.2, 0) is 10.0 Å². The van der Waals surface area contributed by atoms with E-state index in [-0.39, 0.29) is 22.5 Å². The van der Waals surface area contributed by atoms with Gasteiger partial charge in [-0.25, -0.2) is 22.2 Å². The largest absolute Gasteiger partial charge is 0.338 e. The number of amides is 1. The van der Waals surface area contributed by atoms with E-state index < -0.39 is 15.8 Å². The summed E-state index contributed by atoms with van der Waals surface area (Å²) in [6, 6.07) is 14.2. The highest BCUT2D eigenvalue weighted by atomic mass is 32.2. The second-order valence-corrected chi connectivity index (χ2v) is 9.22. The standard InChI is InChI=1S/C22H23FN4O3S/c1-16-19(15-24-27(16)21-10-6-5-9-20(21)23)22(28)26-13-11-17(12-14-26)25-31(29,30)18-7-3-2-4-8-18/h2-10,15,17,25H,11-14H2,1H3. The molecule has 0 radical (unpaired) electrons. The Balaban J connectivity index is 1.42. The zero-order chi connectivity index (χ0) is 22.0. The van der Waals surface area contributed by atoms with Gasteiger partial charge in [-0.1, -0.05) is 30.3 Å². The lowest BCUT2D eigenvalue weighted by Crippen LogP contribution is -2.46. The average Bonchev–Trinajstić information content (AvgIpc) is 3.15. The summed E-state index contributed by atoms with van der Waals surface area (Å²) in [5.41, 5.74) is 1.25. The predicted octanol–water partition coefficient (Wildman–Crippen LogP) is 2.90. The van der Waals surface area contributed by atoms with Gasteiger partial charge in [-0.05, 0) is 44.0 Å². The lowest BCUT2D eigenvalue weighted by atomic mass is 10.1. The summed E-state index contributed by atoms with van der Waals surface area (Å²) in [5, 5.41) is 4.20. The van der Waals surface area contributed by atoms with Gasteiger partial charge in [0.25, 0.3) is 5.91 Å². The normalized spacial score (nSPS) is 15.2. The molecule has 0 saturated carbocycles. The van der Waals surface area contributed by atoms with E-state index in [1.54, 1.807) is 60.4 Å². The number of hydrogen-bond acceptors (Lipinski definition) is 4. The third-order valence-electron chi connectivity index (χ3n) is 5.48. The summed E-state index contributed by atoms with van der Waals surface area (Å²) in [5.74, 6) is -0.608. The van der Waals surface area contributed by atoms with Crippen molar-refractivity contribution in [2.24, 2.45) is 0 Å². The van der Waals surface area contributed by atoms with Crippen LogP contribution in [0.4, 0.5) is 4.39 Å². The number of piperidine rings is 1. The first-order valence-corrected chi connectivity index (χ1v) is 11.5. The third-order valence-corrected chi connectivity index (χ3v) is 7.01. The van der Waals surface area contributed by atoms with Crippen molar-refractivity contribution >= 4 is 15.9 Å². The summed E-state index contributed by atoms with van der Waals surface area (Å²) in [7, 11) is -3.59. The molecule has 0 aliphatic carbocycles. The van der Waals surface area contributed by atoms with E-state index in [9.17, 15) is 17.6 Å². The van der Waals surface area contributed by atoms with Gasteiger partial charge < -0.3 is 4.90 Å². The van der Waals surface area contributed by atoms with E-state index >= 15 is 0 Å². The SMILES string of the molecule is Cc1c(C(=O)N2CCC(NS(=O)(=O)c3ccccc3)CC2)cnn1-c1ccccc1F. The number of para-hydroxylation sites is 1. The fourth-order valence-electron chi connectivity index (χ4n) is 3.74. The zero-order valence-electron chi connectivity index (χ0n) is 17.0. The Bertz CT molecular complexity index is 1190. The number of aromatic nitrogens is 2. The molecule has 31 heavy (non-hydrogen) atoms. The Kier molecular flexibility index (Phi) is 5.88. The van der Waals surface area contributed by atoms with Crippen LogP contribution in [0.3, 0.4) is 0 Å². The van der Waals surface area contributed by atoms with Crippen LogP contribution in [0.15, 0.2) is 65.7 Å². The van der Waals surface area contributed by atoms with Gasteiger partial charge in [-0.2, -0.15) is 5.10 Å². The molecule has 3 aromatic rings. The summed E-state index contributed by atoms with van der Waals surface area (Å²) in [6.07, 6.45) is 2.48. The van der Waals surface area contributed by atoms with E-state index in [4.69, 9.17) is 0 Å². The molecule has 0 spiro atoms. The van der Waals surface area contributed by atoms with Crippen LogP contribution in [0.5, 0.6) is 0 Å². The molecule has 2 heterocycles. The number of sulfonamides is 1. The van der Waals surface area contributed by atoms with Crippen LogP contribution in [0.25, 0.3) is 5.69 Å². The van der Waals surface area contributed by atoms with Gasteiger partial charge in [0.15, 0.2) is 0 Å². The maximum atomic E-state index is 14.1. The maximum absolute atomic E-state index is 14.1. The molecule has 7 nitrogen and oxygen atoms in total. The van der Waals surface area contributed by atoms with Gasteiger partial charge in [-0.15, -0.1) is 0 Å². The molecule has 9 heteroatoms. The van der Waals surface area contributed by atoms with Crippen LogP contribution < -0.4 is 4.72 Å². The van der Waals surface area contributed by atoms with Crippen LogP contribution in [0.2, 0.25) is 0 Å². The number of likely N-dealkylation sites (tertiary alicyclic amines) is 1. The molecule has 0 atom stereocenters. The molecule has 4 rings (SSSR count). The Hall–Kier alpha value is -3.04. The molecule has 1 saturated heterocycles. The van der Waals surface area contributed by atoms with Crippen LogP contribution in [0, 0.1) is 12.7 Å². The molecule has 1 aromatic heterocycles. The number of carbonyl (C=O) groups excluding carboxylic acids is 1. The van der Waals surface area contributed by atoms with Gasteiger partial charge in [0, 0.05) is 19.1 Å². The van der Waals surface area contributed by atoms with E-state index in [1.807, 2.05) is 0 Å². The van der Waals surface area contributed by atoms with Crippen LogP contribution in [0.1, 0.15) is 28.9 Å². The zero-order valence-corrected chi connectivity index (χ0v) is 17.8. The first-order valence-electron chi connectivity index (χ1n) is 10.0. The number of rotatable bonds is 5. The Labute approximate surface area is 180 Å². The van der Waals surface area contributed by atoms with E-state index in [1.165, 1.54) is 16.9 Å². The monoisotopic (exact) mass is 442 g/mol. The first-order chi connectivity index (χ1) is 14.9. The van der Waals surface area contributed by atoms with E-state index in [0.717, 1.165) is 0 Å². The summed E-state index contributed by atoms with van der Waals surface area (Å²) < 4.78 is 43.3. The van der Waals surface area contributed by atoms with Crippen LogP contribution >= 0.6 is 0 Å². The van der Waals surface area contributed by atoms with E-state index in [2.05, 4.69) is 9.82 Å².